The Morgan fingerprint density at radius 2 is 0.814 bits per heavy atom. The third-order valence-corrected chi connectivity index (χ3v) is 28.6. The van der Waals surface area contributed by atoms with Gasteiger partial charge in [0.2, 0.25) is 0 Å². The zero-order valence-electron chi connectivity index (χ0n) is 29.5. The summed E-state index contributed by atoms with van der Waals surface area (Å²) in [7, 11) is -2.06. The van der Waals surface area contributed by atoms with Crippen molar-refractivity contribution in [2.24, 2.45) is 0 Å². The van der Waals surface area contributed by atoms with Crippen LogP contribution in [0.1, 0.15) is 109 Å². The van der Waals surface area contributed by atoms with Crippen molar-refractivity contribution in [1.82, 2.24) is 8.46 Å². The highest BCUT2D eigenvalue weighted by Crippen LogP contribution is 2.38. The molecule has 0 saturated heterocycles. The van der Waals surface area contributed by atoms with E-state index in [-0.39, 0.29) is 11.5 Å². The topological polar surface area (TPSA) is 15.7 Å². The summed E-state index contributed by atoms with van der Waals surface area (Å²) >= 11 is 29.7. The van der Waals surface area contributed by atoms with Crippen LogP contribution in [0.2, 0.25) is 12.1 Å². The zero-order chi connectivity index (χ0) is 33.4. The molecule has 0 aliphatic carbocycles. The first-order chi connectivity index (χ1) is 20.1. The summed E-state index contributed by atoms with van der Waals surface area (Å²) < 4.78 is 12.5. The maximum atomic E-state index is 7.42. The fourth-order valence-corrected chi connectivity index (χ4v) is 27.0. The molecule has 0 spiro atoms. The van der Waals surface area contributed by atoms with Gasteiger partial charge in [-0.25, -0.2) is 0 Å². The number of halogens is 4. The van der Waals surface area contributed by atoms with E-state index in [2.05, 4.69) is 116 Å². The van der Waals surface area contributed by atoms with Gasteiger partial charge in [-0.1, -0.05) is 72.8 Å². The van der Waals surface area contributed by atoms with Crippen molar-refractivity contribution in [3.63, 3.8) is 0 Å². The molecule has 252 valence electrons. The van der Waals surface area contributed by atoms with Crippen LogP contribution in [0.3, 0.4) is 0 Å². The summed E-state index contributed by atoms with van der Waals surface area (Å²) in [5, 5.41) is 6.11. The molecule has 0 aliphatic heterocycles. The lowest BCUT2D eigenvalue weighted by atomic mass is 10.3. The molecule has 0 amide bonds. The molecule has 4 atom stereocenters. The third kappa shape index (κ3) is 16.3. The highest BCUT2D eigenvalue weighted by atomic mass is 35.7. The van der Waals surface area contributed by atoms with Crippen LogP contribution in [-0.4, -0.2) is 84.1 Å². The Morgan fingerprint density at radius 1 is 0.558 bits per heavy atom. The molecule has 0 aliphatic rings. The molecule has 0 radical (unpaired) electrons. The SMILES string of the molecule is CC=C(C)[SiH2]N([SiH2]C(C)=CC)C(CC)C[Si](Cl)(Cl)C(CC)OC(CC)[Si](Cl)(Cl)CC(CC)N([SiH2]C(C)=CC)[SiH2]C(C)=CC. The molecule has 0 rings (SSSR count). The summed E-state index contributed by atoms with van der Waals surface area (Å²) in [5.74, 6) is 0. The Balaban J connectivity index is 6.08. The van der Waals surface area contributed by atoms with Crippen LogP contribution < -0.4 is 0 Å². The molecule has 0 N–H and O–H groups in total. The Bertz CT molecular complexity index is 820. The molecule has 0 aromatic carbocycles. The fraction of sp³-hybridized carbons (Fsp3) is 0.733. The van der Waals surface area contributed by atoms with E-state index in [0.717, 1.165) is 37.8 Å². The minimum Gasteiger partial charge on any atom is -0.376 e. The van der Waals surface area contributed by atoms with Gasteiger partial charge in [-0.05, 0) is 105 Å². The molecule has 0 bridgehead atoms. The van der Waals surface area contributed by atoms with Gasteiger partial charge in [0.15, 0.2) is 0 Å². The van der Waals surface area contributed by atoms with Gasteiger partial charge in [-0.2, -0.15) is 0 Å². The van der Waals surface area contributed by atoms with Crippen LogP contribution in [0.25, 0.3) is 0 Å². The van der Waals surface area contributed by atoms with Crippen molar-refractivity contribution in [2.45, 2.75) is 144 Å². The van der Waals surface area contributed by atoms with E-state index >= 15 is 0 Å². The predicted octanol–water partition coefficient (Wildman–Crippen LogP) is 7.67. The molecule has 0 heterocycles. The zero-order valence-corrected chi connectivity index (χ0v) is 40.2. The minimum absolute atomic E-state index is 0.189. The Morgan fingerprint density at radius 3 is 1.00 bits per heavy atom. The lowest BCUT2D eigenvalue weighted by Crippen LogP contribution is -2.53. The predicted molar refractivity (Wildman–Crippen MR) is 218 cm³/mol. The van der Waals surface area contributed by atoms with Gasteiger partial charge >= 0.3 is 0 Å². The first-order valence-electron chi connectivity index (χ1n) is 16.4. The number of hydrogen-bond donors (Lipinski definition) is 0. The summed E-state index contributed by atoms with van der Waals surface area (Å²) in [6, 6.07) is 2.44. The number of nitrogens with zero attached hydrogens (tertiary/aromatic N) is 2. The average Bonchev–Trinajstić information content (AvgIpc) is 2.97. The second kappa shape index (κ2) is 22.8. The van der Waals surface area contributed by atoms with E-state index in [9.17, 15) is 0 Å². The van der Waals surface area contributed by atoms with Crippen LogP contribution in [-0.2, 0) is 4.74 Å². The van der Waals surface area contributed by atoms with Gasteiger partial charge in [-0.3, -0.25) is 0 Å². The van der Waals surface area contributed by atoms with Crippen LogP contribution in [0, 0.1) is 0 Å². The molecule has 0 saturated carbocycles. The van der Waals surface area contributed by atoms with Gasteiger partial charge in [-0.15, -0.1) is 44.3 Å². The normalized spacial score (nSPS) is 18.7. The quantitative estimate of drug-likeness (QED) is 0.0830. The van der Waals surface area contributed by atoms with E-state index in [1.54, 1.807) is 0 Å². The Kier molecular flexibility index (Phi) is 23.5. The second-order valence-electron chi connectivity index (χ2n) is 12.3. The van der Waals surface area contributed by atoms with E-state index in [1.807, 2.05) is 0 Å². The van der Waals surface area contributed by atoms with Crippen molar-refractivity contribution < 1.29 is 4.74 Å². The minimum atomic E-state index is -2.80. The van der Waals surface area contributed by atoms with Gasteiger partial charge in [0.1, 0.15) is 38.7 Å². The maximum Gasteiger partial charge on any atom is 0.280 e. The third-order valence-electron chi connectivity index (χ3n) is 8.78. The van der Waals surface area contributed by atoms with Crippen molar-refractivity contribution in [2.75, 3.05) is 0 Å². The van der Waals surface area contributed by atoms with Crippen LogP contribution >= 0.6 is 44.3 Å². The monoisotopic (exact) mass is 776 g/mol. The van der Waals surface area contributed by atoms with Crippen molar-refractivity contribution >= 4 is 96.4 Å². The molecule has 0 aromatic rings. The summed E-state index contributed by atoms with van der Waals surface area (Å²) in [5.41, 5.74) is -0.379. The summed E-state index contributed by atoms with van der Waals surface area (Å²) in [6.45, 7) is 21.0. The highest BCUT2D eigenvalue weighted by Gasteiger charge is 2.47. The molecule has 0 aromatic heterocycles. The van der Waals surface area contributed by atoms with E-state index < -0.39 is 52.1 Å². The molecule has 0 fully saturated rings. The average molecular weight is 779 g/mol. The smallest absolute Gasteiger partial charge is 0.280 e. The van der Waals surface area contributed by atoms with Crippen LogP contribution in [0.5, 0.6) is 0 Å². The van der Waals surface area contributed by atoms with Crippen molar-refractivity contribution in [3.05, 3.63) is 45.1 Å². The van der Waals surface area contributed by atoms with Gasteiger partial charge in [0.25, 0.3) is 13.4 Å². The summed E-state index contributed by atoms with van der Waals surface area (Å²) in [4.78, 5) is 0. The molecular weight excluding hydrogens is 715 g/mol. The highest BCUT2D eigenvalue weighted by molar-refractivity contribution is 7.46. The molecule has 13 heteroatoms. The molecular formula is C30H64Cl4N2OSi6. The standard InChI is InChI=1S/C30H64Cl4N2OSi6/c1-13-23(9)38-35(39-24(10)14-2)27(17-5)21-42(31,32)29(19-7)37-30(20-8)43(33,34)22-28(18-6)36(40-25(11)15-3)41-26(12)16-4/h13-16,27-30H,17-22,38-41H2,1-12H3. The molecule has 43 heavy (non-hydrogen) atoms. The number of ether oxygens (including phenoxy) is 1. The number of hydrogen-bond acceptors (Lipinski definition) is 3. The first kappa shape index (κ1) is 44.3. The van der Waals surface area contributed by atoms with Crippen LogP contribution in [0.15, 0.2) is 45.1 Å². The number of rotatable bonds is 22. The van der Waals surface area contributed by atoms with Gasteiger partial charge in [0, 0.05) is 0 Å². The molecule has 3 nitrogen and oxygen atoms in total. The van der Waals surface area contributed by atoms with E-state index in [0.29, 0.717) is 12.1 Å². The summed E-state index contributed by atoms with van der Waals surface area (Å²) in [6.07, 6.45) is 12.8. The van der Waals surface area contributed by atoms with Crippen molar-refractivity contribution in [3.8, 4) is 0 Å². The lowest BCUT2D eigenvalue weighted by molar-refractivity contribution is 0.0673. The fourth-order valence-electron chi connectivity index (χ4n) is 5.42. The van der Waals surface area contributed by atoms with E-state index in [1.165, 1.54) is 20.8 Å². The largest absolute Gasteiger partial charge is 0.376 e. The molecule has 4 unspecified atom stereocenters. The van der Waals surface area contributed by atoms with Crippen LogP contribution in [0.4, 0.5) is 0 Å². The maximum absolute atomic E-state index is 7.42. The second-order valence-corrected chi connectivity index (χ2v) is 37.5. The van der Waals surface area contributed by atoms with Gasteiger partial charge < -0.3 is 13.2 Å². The van der Waals surface area contributed by atoms with Crippen molar-refractivity contribution in [1.29, 1.82) is 0 Å². The first-order valence-corrected chi connectivity index (χ1v) is 30.4. The van der Waals surface area contributed by atoms with E-state index in [4.69, 9.17) is 49.1 Å². The number of allylic oxidation sites excluding steroid dienone is 8. The van der Waals surface area contributed by atoms with Gasteiger partial charge in [0.05, 0.1) is 11.5 Å². The Hall–Kier alpha value is 1.30. The Labute approximate surface area is 297 Å². The lowest BCUT2D eigenvalue weighted by Gasteiger charge is -2.40.